The van der Waals surface area contributed by atoms with Crippen LogP contribution >= 0.6 is 23.5 Å². The van der Waals surface area contributed by atoms with Crippen molar-refractivity contribution in [2.45, 2.75) is 0 Å². The summed E-state index contributed by atoms with van der Waals surface area (Å²) in [5, 5.41) is 13.6. The lowest BCUT2D eigenvalue weighted by molar-refractivity contribution is -0.384. The predicted molar refractivity (Wildman–Crippen MR) is 94.6 cm³/mol. The summed E-state index contributed by atoms with van der Waals surface area (Å²) in [5.74, 6) is -2.33. The van der Waals surface area contributed by atoms with Crippen LogP contribution in [-0.4, -0.2) is 44.6 Å². The minimum atomic E-state index is -0.851. The van der Waals surface area contributed by atoms with Crippen molar-refractivity contribution in [2.75, 3.05) is 11.9 Å². The summed E-state index contributed by atoms with van der Waals surface area (Å²) in [6.07, 6.45) is 0. The summed E-state index contributed by atoms with van der Waals surface area (Å²) in [4.78, 5) is 69.5. The van der Waals surface area contributed by atoms with E-state index in [1.807, 2.05) is 5.32 Å². The first-order valence-electron chi connectivity index (χ1n) is 7.11. The Bertz CT molecular complexity index is 941. The smallest absolute Gasteiger partial charge is 0.294 e. The van der Waals surface area contributed by atoms with Gasteiger partial charge in [-0.25, -0.2) is 0 Å². The average Bonchev–Trinajstić information content (AvgIpc) is 3.08. The Balaban J connectivity index is 1.69. The van der Waals surface area contributed by atoms with E-state index in [1.54, 1.807) is 0 Å². The molecule has 0 bridgehead atoms. The highest BCUT2D eigenvalue weighted by atomic mass is 32.2. The minimum absolute atomic E-state index is 0.160. The van der Waals surface area contributed by atoms with Crippen LogP contribution in [-0.2, 0) is 14.4 Å². The standard InChI is InChI=1S/C14H8N4O7S2/c19-8(15-6-1-3-7(4-2-6)18(24)25)5-17-12(21)10(27-14(17)23)9-11(20)16-13(22)26-9/h1-4H,5H2,(H,15,19)(H,16,20,22)/b10-9+. The molecule has 0 aliphatic carbocycles. The van der Waals surface area contributed by atoms with E-state index in [9.17, 15) is 34.1 Å². The summed E-state index contributed by atoms with van der Waals surface area (Å²) in [7, 11) is 0. The highest BCUT2D eigenvalue weighted by Gasteiger charge is 2.42. The van der Waals surface area contributed by atoms with Gasteiger partial charge in [0.25, 0.3) is 28.0 Å². The number of nitro benzene ring substituents is 1. The fourth-order valence-electron chi connectivity index (χ4n) is 2.15. The Morgan fingerprint density at radius 2 is 1.78 bits per heavy atom. The van der Waals surface area contributed by atoms with Crippen molar-refractivity contribution in [1.29, 1.82) is 0 Å². The Hall–Kier alpha value is -3.19. The van der Waals surface area contributed by atoms with Crippen LogP contribution in [0.4, 0.5) is 21.0 Å². The number of anilines is 1. The van der Waals surface area contributed by atoms with E-state index in [-0.39, 0.29) is 21.2 Å². The van der Waals surface area contributed by atoms with Crippen LogP contribution in [0.5, 0.6) is 0 Å². The van der Waals surface area contributed by atoms with Gasteiger partial charge in [0, 0.05) is 17.8 Å². The molecule has 27 heavy (non-hydrogen) atoms. The first-order chi connectivity index (χ1) is 12.8. The number of nitrogens with one attached hydrogen (secondary N) is 2. The summed E-state index contributed by atoms with van der Waals surface area (Å²) < 4.78 is 0. The van der Waals surface area contributed by atoms with Gasteiger partial charge in [0.15, 0.2) is 0 Å². The number of thioether (sulfide) groups is 2. The highest BCUT2D eigenvalue weighted by Crippen LogP contribution is 2.38. The molecule has 1 aromatic rings. The Kier molecular flexibility index (Phi) is 4.96. The number of imide groups is 2. The first-order valence-corrected chi connectivity index (χ1v) is 8.75. The second kappa shape index (κ2) is 7.20. The molecule has 2 fully saturated rings. The third-order valence-corrected chi connectivity index (χ3v) is 5.32. The third-order valence-electron chi connectivity index (χ3n) is 3.34. The van der Waals surface area contributed by atoms with Crippen molar-refractivity contribution in [1.82, 2.24) is 10.2 Å². The average molecular weight is 408 g/mol. The van der Waals surface area contributed by atoms with Crippen molar-refractivity contribution in [2.24, 2.45) is 0 Å². The molecular formula is C14H8N4O7S2. The molecule has 5 amide bonds. The van der Waals surface area contributed by atoms with Gasteiger partial charge in [-0.3, -0.25) is 44.3 Å². The van der Waals surface area contributed by atoms with Gasteiger partial charge in [-0.15, -0.1) is 0 Å². The van der Waals surface area contributed by atoms with E-state index in [2.05, 4.69) is 5.32 Å². The maximum absolute atomic E-state index is 12.3. The number of carbonyl (C=O) groups is 5. The predicted octanol–water partition coefficient (Wildman–Crippen LogP) is 1.42. The molecule has 0 unspecified atom stereocenters. The Labute approximate surface area is 158 Å². The largest absolute Gasteiger partial charge is 0.325 e. The molecule has 1 aromatic carbocycles. The van der Waals surface area contributed by atoms with Crippen LogP contribution in [0.25, 0.3) is 0 Å². The van der Waals surface area contributed by atoms with Crippen LogP contribution in [0.2, 0.25) is 0 Å². The van der Waals surface area contributed by atoms with E-state index in [1.165, 1.54) is 24.3 Å². The van der Waals surface area contributed by atoms with E-state index < -0.39 is 39.7 Å². The third kappa shape index (κ3) is 3.83. The van der Waals surface area contributed by atoms with E-state index >= 15 is 0 Å². The molecule has 2 heterocycles. The van der Waals surface area contributed by atoms with Gasteiger partial charge in [0.2, 0.25) is 5.91 Å². The van der Waals surface area contributed by atoms with Crippen molar-refractivity contribution >= 4 is 63.1 Å². The molecule has 2 N–H and O–H groups in total. The number of carbonyl (C=O) groups excluding carboxylic acids is 5. The normalized spacial score (nSPS) is 19.5. The number of hydrogen-bond donors (Lipinski definition) is 2. The highest BCUT2D eigenvalue weighted by molar-refractivity contribution is 8.22. The second-order valence-electron chi connectivity index (χ2n) is 5.11. The molecule has 0 aromatic heterocycles. The van der Waals surface area contributed by atoms with Crippen LogP contribution in [0.15, 0.2) is 34.1 Å². The van der Waals surface area contributed by atoms with E-state index in [0.717, 1.165) is 0 Å². The van der Waals surface area contributed by atoms with Gasteiger partial charge in [-0.05, 0) is 35.7 Å². The maximum Gasteiger partial charge on any atom is 0.294 e. The van der Waals surface area contributed by atoms with Crippen molar-refractivity contribution in [3.05, 3.63) is 44.2 Å². The monoisotopic (exact) mass is 408 g/mol. The van der Waals surface area contributed by atoms with E-state index in [0.29, 0.717) is 28.4 Å². The summed E-state index contributed by atoms with van der Waals surface area (Å²) >= 11 is 0.974. The Morgan fingerprint density at radius 1 is 1.11 bits per heavy atom. The number of nitro groups is 1. The van der Waals surface area contributed by atoms with Crippen LogP contribution in [0.1, 0.15) is 0 Å². The molecule has 3 rings (SSSR count). The van der Waals surface area contributed by atoms with Gasteiger partial charge in [0.1, 0.15) is 16.4 Å². The first kappa shape index (κ1) is 18.6. The van der Waals surface area contributed by atoms with Crippen LogP contribution < -0.4 is 10.6 Å². The van der Waals surface area contributed by atoms with Gasteiger partial charge in [-0.1, -0.05) is 0 Å². The quantitative estimate of drug-likeness (QED) is 0.427. The Morgan fingerprint density at radius 3 is 2.33 bits per heavy atom. The lowest BCUT2D eigenvalue weighted by Gasteiger charge is -2.12. The fraction of sp³-hybridized carbons (Fsp3) is 0.0714. The topological polar surface area (TPSA) is 156 Å². The molecule has 0 atom stereocenters. The fourth-order valence-corrected chi connectivity index (χ4v) is 3.86. The van der Waals surface area contributed by atoms with Crippen molar-refractivity contribution < 1.29 is 28.9 Å². The molecule has 13 heteroatoms. The van der Waals surface area contributed by atoms with Gasteiger partial charge >= 0.3 is 0 Å². The molecule has 2 aliphatic rings. The molecule has 2 saturated heterocycles. The second-order valence-corrected chi connectivity index (χ2v) is 7.06. The number of benzene rings is 1. The lowest BCUT2D eigenvalue weighted by atomic mass is 10.3. The zero-order valence-corrected chi connectivity index (χ0v) is 14.7. The van der Waals surface area contributed by atoms with Crippen molar-refractivity contribution in [3.63, 3.8) is 0 Å². The molecule has 138 valence electrons. The number of hydrogen-bond acceptors (Lipinski definition) is 9. The van der Waals surface area contributed by atoms with Crippen LogP contribution in [0.3, 0.4) is 0 Å². The molecule has 0 spiro atoms. The molecule has 2 aliphatic heterocycles. The van der Waals surface area contributed by atoms with Gasteiger partial charge < -0.3 is 5.32 Å². The van der Waals surface area contributed by atoms with Gasteiger partial charge in [0.05, 0.1) is 4.92 Å². The minimum Gasteiger partial charge on any atom is -0.325 e. The molecule has 0 saturated carbocycles. The number of non-ortho nitro benzene ring substituents is 1. The zero-order chi connectivity index (χ0) is 19.7. The number of amides is 5. The molecule has 0 radical (unpaired) electrons. The lowest BCUT2D eigenvalue weighted by Crippen LogP contribution is -2.36. The zero-order valence-electron chi connectivity index (χ0n) is 13.1. The summed E-state index contributed by atoms with van der Waals surface area (Å²) in [6, 6.07) is 4.98. The molecule has 11 nitrogen and oxygen atoms in total. The van der Waals surface area contributed by atoms with E-state index in [4.69, 9.17) is 0 Å². The number of rotatable bonds is 4. The van der Waals surface area contributed by atoms with Crippen LogP contribution in [0, 0.1) is 10.1 Å². The summed E-state index contributed by atoms with van der Waals surface area (Å²) in [5.41, 5.74) is 0.0831. The number of nitrogens with zero attached hydrogens (tertiary/aromatic N) is 2. The summed E-state index contributed by atoms with van der Waals surface area (Å²) in [6.45, 7) is -0.612. The SMILES string of the molecule is O=C(CN1C(=O)S/C(=C2/SC(=O)NC2=O)C1=O)Nc1ccc([N+](=O)[O-])cc1. The van der Waals surface area contributed by atoms with Crippen molar-refractivity contribution in [3.8, 4) is 0 Å². The molecular weight excluding hydrogens is 400 g/mol. The maximum atomic E-state index is 12.3. The van der Waals surface area contributed by atoms with Gasteiger partial charge in [-0.2, -0.15) is 0 Å².